The van der Waals surface area contributed by atoms with E-state index in [1.165, 1.54) is 0 Å². The number of ether oxygens (including phenoxy) is 1. The van der Waals surface area contributed by atoms with E-state index in [1.807, 2.05) is 6.92 Å². The highest BCUT2D eigenvalue weighted by molar-refractivity contribution is 5.78. The molecular formula is C11H22N2O2. The SMILES string of the molecule is CC(CN)C(=O)NC1CCOC(C)(C)C1. The van der Waals surface area contributed by atoms with E-state index in [9.17, 15) is 4.79 Å². The Morgan fingerprint density at radius 3 is 2.87 bits per heavy atom. The van der Waals surface area contributed by atoms with Gasteiger partial charge in [-0.25, -0.2) is 0 Å². The average molecular weight is 214 g/mol. The Labute approximate surface area is 91.5 Å². The van der Waals surface area contributed by atoms with Crippen LogP contribution in [0.15, 0.2) is 0 Å². The molecule has 1 amide bonds. The van der Waals surface area contributed by atoms with Gasteiger partial charge in [0.05, 0.1) is 5.60 Å². The first kappa shape index (κ1) is 12.5. The molecule has 0 radical (unpaired) electrons. The summed E-state index contributed by atoms with van der Waals surface area (Å²) in [5.74, 6) is -0.0452. The van der Waals surface area contributed by atoms with E-state index in [1.54, 1.807) is 0 Å². The minimum absolute atomic E-state index is 0.0557. The van der Waals surface area contributed by atoms with Crippen molar-refractivity contribution in [2.75, 3.05) is 13.2 Å². The first-order chi connectivity index (χ1) is 6.94. The maximum Gasteiger partial charge on any atom is 0.224 e. The maximum atomic E-state index is 11.6. The quantitative estimate of drug-likeness (QED) is 0.725. The molecule has 0 aromatic rings. The van der Waals surface area contributed by atoms with E-state index >= 15 is 0 Å². The molecule has 88 valence electrons. The summed E-state index contributed by atoms with van der Waals surface area (Å²) in [6.45, 7) is 7.07. The highest BCUT2D eigenvalue weighted by atomic mass is 16.5. The molecule has 0 saturated carbocycles. The molecule has 2 atom stereocenters. The second-order valence-corrected chi connectivity index (χ2v) is 4.94. The molecule has 2 unspecified atom stereocenters. The molecule has 1 aliphatic heterocycles. The summed E-state index contributed by atoms with van der Waals surface area (Å²) < 4.78 is 5.59. The molecule has 0 aromatic carbocycles. The fraction of sp³-hybridized carbons (Fsp3) is 0.909. The predicted molar refractivity (Wildman–Crippen MR) is 59.4 cm³/mol. The van der Waals surface area contributed by atoms with Crippen molar-refractivity contribution in [3.63, 3.8) is 0 Å². The Hall–Kier alpha value is -0.610. The maximum absolute atomic E-state index is 11.6. The minimum Gasteiger partial charge on any atom is -0.375 e. The number of hydrogen-bond donors (Lipinski definition) is 2. The van der Waals surface area contributed by atoms with Gasteiger partial charge in [0.2, 0.25) is 5.91 Å². The van der Waals surface area contributed by atoms with Crippen LogP contribution in [-0.4, -0.2) is 30.7 Å². The van der Waals surface area contributed by atoms with Crippen LogP contribution in [0.2, 0.25) is 0 Å². The normalized spacial score (nSPS) is 27.1. The van der Waals surface area contributed by atoms with Crippen LogP contribution in [0, 0.1) is 5.92 Å². The van der Waals surface area contributed by atoms with Gasteiger partial charge >= 0.3 is 0 Å². The van der Waals surface area contributed by atoms with Gasteiger partial charge in [-0.05, 0) is 26.7 Å². The van der Waals surface area contributed by atoms with Gasteiger partial charge in [-0.3, -0.25) is 4.79 Å². The molecule has 4 nitrogen and oxygen atoms in total. The number of carbonyl (C=O) groups excluding carboxylic acids is 1. The predicted octanol–water partition coefficient (Wildman–Crippen LogP) is 0.655. The lowest BCUT2D eigenvalue weighted by Gasteiger charge is -2.36. The van der Waals surface area contributed by atoms with Gasteiger partial charge in [0.25, 0.3) is 0 Å². The fourth-order valence-corrected chi connectivity index (χ4v) is 1.81. The summed E-state index contributed by atoms with van der Waals surface area (Å²) in [5, 5.41) is 3.03. The fourth-order valence-electron chi connectivity index (χ4n) is 1.81. The topological polar surface area (TPSA) is 64.4 Å². The second kappa shape index (κ2) is 4.94. The van der Waals surface area contributed by atoms with E-state index in [0.29, 0.717) is 6.54 Å². The third-order valence-corrected chi connectivity index (χ3v) is 2.84. The highest BCUT2D eigenvalue weighted by Gasteiger charge is 2.30. The lowest BCUT2D eigenvalue weighted by atomic mass is 9.93. The number of carbonyl (C=O) groups is 1. The monoisotopic (exact) mass is 214 g/mol. The zero-order chi connectivity index (χ0) is 11.5. The van der Waals surface area contributed by atoms with Gasteiger partial charge < -0.3 is 15.8 Å². The van der Waals surface area contributed by atoms with Gasteiger partial charge in [0, 0.05) is 25.1 Å². The van der Waals surface area contributed by atoms with E-state index in [0.717, 1.165) is 19.4 Å². The van der Waals surface area contributed by atoms with Crippen molar-refractivity contribution in [3.05, 3.63) is 0 Å². The van der Waals surface area contributed by atoms with Gasteiger partial charge in [-0.1, -0.05) is 6.92 Å². The Balaban J connectivity index is 2.41. The third kappa shape index (κ3) is 3.80. The summed E-state index contributed by atoms with van der Waals surface area (Å²) in [6.07, 6.45) is 1.77. The Morgan fingerprint density at radius 2 is 2.33 bits per heavy atom. The lowest BCUT2D eigenvalue weighted by molar-refractivity contribution is -0.127. The number of amides is 1. The molecule has 0 aliphatic carbocycles. The van der Waals surface area contributed by atoms with E-state index < -0.39 is 0 Å². The van der Waals surface area contributed by atoms with Crippen molar-refractivity contribution in [2.24, 2.45) is 11.7 Å². The van der Waals surface area contributed by atoms with Crippen molar-refractivity contribution < 1.29 is 9.53 Å². The van der Waals surface area contributed by atoms with Crippen LogP contribution in [0.3, 0.4) is 0 Å². The van der Waals surface area contributed by atoms with Crippen LogP contribution in [0.1, 0.15) is 33.6 Å². The number of nitrogens with one attached hydrogen (secondary N) is 1. The summed E-state index contributed by atoms with van der Waals surface area (Å²) in [7, 11) is 0. The van der Waals surface area contributed by atoms with Crippen molar-refractivity contribution in [1.82, 2.24) is 5.32 Å². The molecule has 1 saturated heterocycles. The second-order valence-electron chi connectivity index (χ2n) is 4.94. The summed E-state index contributed by atoms with van der Waals surface area (Å²) in [4.78, 5) is 11.6. The standard InChI is InChI=1S/C11H22N2O2/c1-8(7-12)10(14)13-9-4-5-15-11(2,3)6-9/h8-9H,4-7,12H2,1-3H3,(H,13,14). The Morgan fingerprint density at radius 1 is 1.67 bits per heavy atom. The number of hydrogen-bond acceptors (Lipinski definition) is 3. The van der Waals surface area contributed by atoms with Gasteiger partial charge in [0.1, 0.15) is 0 Å². The molecule has 4 heteroatoms. The Kier molecular flexibility index (Phi) is 4.11. The molecule has 1 aliphatic rings. The van der Waals surface area contributed by atoms with Crippen LogP contribution in [0.5, 0.6) is 0 Å². The first-order valence-electron chi connectivity index (χ1n) is 5.59. The lowest BCUT2D eigenvalue weighted by Crippen LogP contribution is -2.47. The number of nitrogens with two attached hydrogens (primary N) is 1. The number of rotatable bonds is 3. The largest absolute Gasteiger partial charge is 0.375 e. The highest BCUT2D eigenvalue weighted by Crippen LogP contribution is 2.23. The smallest absolute Gasteiger partial charge is 0.224 e. The van der Waals surface area contributed by atoms with Crippen molar-refractivity contribution in [1.29, 1.82) is 0 Å². The van der Waals surface area contributed by atoms with Crippen molar-refractivity contribution in [2.45, 2.75) is 45.3 Å². The molecule has 1 heterocycles. The first-order valence-corrected chi connectivity index (χ1v) is 5.59. The summed E-state index contributed by atoms with van der Waals surface area (Å²) in [6, 6.07) is 0.232. The van der Waals surface area contributed by atoms with Crippen LogP contribution >= 0.6 is 0 Å². The molecule has 3 N–H and O–H groups in total. The molecule has 1 fully saturated rings. The van der Waals surface area contributed by atoms with Crippen LogP contribution in [0.4, 0.5) is 0 Å². The van der Waals surface area contributed by atoms with Crippen LogP contribution in [-0.2, 0) is 9.53 Å². The molecule has 15 heavy (non-hydrogen) atoms. The molecule has 0 aromatic heterocycles. The van der Waals surface area contributed by atoms with Gasteiger partial charge in [0.15, 0.2) is 0 Å². The Bertz CT molecular complexity index is 229. The zero-order valence-corrected chi connectivity index (χ0v) is 9.88. The van der Waals surface area contributed by atoms with Crippen LogP contribution < -0.4 is 11.1 Å². The molecular weight excluding hydrogens is 192 g/mol. The molecule has 0 bridgehead atoms. The third-order valence-electron chi connectivity index (χ3n) is 2.84. The van der Waals surface area contributed by atoms with Gasteiger partial charge in [-0.15, -0.1) is 0 Å². The van der Waals surface area contributed by atoms with E-state index in [-0.39, 0.29) is 23.5 Å². The minimum atomic E-state index is -0.123. The molecule has 0 spiro atoms. The average Bonchev–Trinajstić information content (AvgIpc) is 2.14. The van der Waals surface area contributed by atoms with Crippen LogP contribution in [0.25, 0.3) is 0 Å². The summed E-state index contributed by atoms with van der Waals surface area (Å²) >= 11 is 0. The molecule has 1 rings (SSSR count). The zero-order valence-electron chi connectivity index (χ0n) is 9.88. The van der Waals surface area contributed by atoms with E-state index in [2.05, 4.69) is 19.2 Å². The van der Waals surface area contributed by atoms with Crippen molar-refractivity contribution in [3.8, 4) is 0 Å². The van der Waals surface area contributed by atoms with Crippen molar-refractivity contribution >= 4 is 5.91 Å². The van der Waals surface area contributed by atoms with E-state index in [4.69, 9.17) is 10.5 Å². The van der Waals surface area contributed by atoms with Gasteiger partial charge in [-0.2, -0.15) is 0 Å². The summed E-state index contributed by atoms with van der Waals surface area (Å²) in [5.41, 5.74) is 5.32.